The Balaban J connectivity index is 0.00000113. The lowest BCUT2D eigenvalue weighted by atomic mass is 9.84. The molecule has 0 spiro atoms. The maximum absolute atomic E-state index is 12.6. The number of carbonyl (C=O) groups excluding carboxylic acids is 1. The van der Waals surface area contributed by atoms with Gasteiger partial charge in [0.1, 0.15) is 0 Å². The number of hydrogen-bond acceptors (Lipinski definition) is 4. The van der Waals surface area contributed by atoms with Gasteiger partial charge < -0.3 is 11.1 Å². The molecule has 7 heteroatoms. The second-order valence-corrected chi connectivity index (χ2v) is 8.24. The zero-order chi connectivity index (χ0) is 16.0. The Bertz CT molecular complexity index is 703. The van der Waals surface area contributed by atoms with Crippen LogP contribution in [0.3, 0.4) is 0 Å². The number of thiazole rings is 1. The molecule has 0 radical (unpaired) electrons. The van der Waals surface area contributed by atoms with Crippen molar-refractivity contribution in [3.05, 3.63) is 29.3 Å². The molecule has 1 aromatic carbocycles. The number of para-hydroxylation sites is 1. The summed E-state index contributed by atoms with van der Waals surface area (Å²) in [6, 6.07) is 8.32. The lowest BCUT2D eigenvalue weighted by Crippen LogP contribution is -2.47. The molecule has 2 bridgehead atoms. The van der Waals surface area contributed by atoms with Crippen LogP contribution >= 0.6 is 36.2 Å². The molecular formula is C18H25Cl2N3OS. The van der Waals surface area contributed by atoms with Crippen LogP contribution in [0.1, 0.15) is 31.2 Å². The number of carbonyl (C=O) groups is 1. The topological polar surface area (TPSA) is 68.0 Å². The van der Waals surface area contributed by atoms with Crippen molar-refractivity contribution in [1.82, 2.24) is 10.3 Å². The largest absolute Gasteiger partial charge is 0.353 e. The number of amides is 1. The molecule has 4 rings (SSSR count). The fourth-order valence-electron chi connectivity index (χ4n) is 4.38. The highest BCUT2D eigenvalue weighted by molar-refractivity contribution is 7.18. The van der Waals surface area contributed by atoms with Crippen LogP contribution in [-0.4, -0.2) is 23.0 Å². The number of hydrogen-bond donors (Lipinski definition) is 2. The van der Waals surface area contributed by atoms with Gasteiger partial charge in [0.15, 0.2) is 0 Å². The summed E-state index contributed by atoms with van der Waals surface area (Å²) >= 11 is 1.71. The van der Waals surface area contributed by atoms with Crippen molar-refractivity contribution in [3.8, 4) is 0 Å². The van der Waals surface area contributed by atoms with E-state index in [0.717, 1.165) is 23.4 Å². The third-order valence-electron chi connectivity index (χ3n) is 5.49. The number of benzene rings is 1. The highest BCUT2D eigenvalue weighted by Crippen LogP contribution is 2.47. The van der Waals surface area contributed by atoms with Crippen molar-refractivity contribution in [2.45, 2.75) is 44.7 Å². The summed E-state index contributed by atoms with van der Waals surface area (Å²) in [7, 11) is 0. The molecule has 5 unspecified atom stereocenters. The number of nitrogens with zero attached hydrogens (tertiary/aromatic N) is 1. The summed E-state index contributed by atoms with van der Waals surface area (Å²) in [6.45, 7) is 2.06. The quantitative estimate of drug-likeness (QED) is 0.822. The highest BCUT2D eigenvalue weighted by Gasteiger charge is 2.49. The van der Waals surface area contributed by atoms with E-state index in [1.54, 1.807) is 11.3 Å². The maximum atomic E-state index is 12.6. The van der Waals surface area contributed by atoms with E-state index >= 15 is 0 Å². The van der Waals surface area contributed by atoms with E-state index in [0.29, 0.717) is 11.8 Å². The highest BCUT2D eigenvalue weighted by atomic mass is 35.5. The van der Waals surface area contributed by atoms with Gasteiger partial charge in [0.05, 0.1) is 21.1 Å². The molecule has 2 saturated carbocycles. The first-order valence-electron chi connectivity index (χ1n) is 8.52. The van der Waals surface area contributed by atoms with Crippen LogP contribution in [0.4, 0.5) is 0 Å². The minimum atomic E-state index is 0. The second-order valence-electron chi connectivity index (χ2n) is 7.13. The number of nitrogens with two attached hydrogens (primary N) is 1. The molecule has 3 N–H and O–H groups in total. The summed E-state index contributed by atoms with van der Waals surface area (Å²) < 4.78 is 1.20. The maximum Gasteiger partial charge on any atom is 0.225 e. The minimum Gasteiger partial charge on any atom is -0.353 e. The molecule has 2 aliphatic rings. The average Bonchev–Trinajstić information content (AvgIpc) is 3.19. The molecule has 0 aliphatic heterocycles. The molecule has 138 valence electrons. The first-order valence-corrected chi connectivity index (χ1v) is 9.34. The van der Waals surface area contributed by atoms with Gasteiger partial charge in [-0.1, -0.05) is 12.1 Å². The van der Waals surface area contributed by atoms with Gasteiger partial charge in [0.25, 0.3) is 0 Å². The Labute approximate surface area is 164 Å². The molecule has 25 heavy (non-hydrogen) atoms. The van der Waals surface area contributed by atoms with E-state index in [-0.39, 0.29) is 48.7 Å². The van der Waals surface area contributed by atoms with E-state index < -0.39 is 0 Å². The molecule has 1 amide bonds. The van der Waals surface area contributed by atoms with Gasteiger partial charge in [-0.25, -0.2) is 4.98 Å². The molecule has 1 heterocycles. The fourth-order valence-corrected chi connectivity index (χ4v) is 5.48. The van der Waals surface area contributed by atoms with E-state index in [1.807, 2.05) is 18.2 Å². The Hall–Kier alpha value is -0.880. The average molecular weight is 402 g/mol. The molecule has 2 aromatic rings. The second kappa shape index (κ2) is 8.21. The van der Waals surface area contributed by atoms with Gasteiger partial charge in [-0.3, -0.25) is 4.79 Å². The van der Waals surface area contributed by atoms with E-state index in [1.165, 1.54) is 17.5 Å². The zero-order valence-corrected chi connectivity index (χ0v) is 16.6. The summed E-state index contributed by atoms with van der Waals surface area (Å²) in [6.07, 6.45) is 4.30. The van der Waals surface area contributed by atoms with Gasteiger partial charge in [0.2, 0.25) is 5.91 Å². The smallest absolute Gasteiger partial charge is 0.225 e. The Morgan fingerprint density at radius 1 is 1.32 bits per heavy atom. The summed E-state index contributed by atoms with van der Waals surface area (Å²) in [5.41, 5.74) is 7.32. The zero-order valence-electron chi connectivity index (χ0n) is 14.2. The van der Waals surface area contributed by atoms with Crippen molar-refractivity contribution in [1.29, 1.82) is 0 Å². The van der Waals surface area contributed by atoms with E-state index in [2.05, 4.69) is 23.3 Å². The summed E-state index contributed by atoms with van der Waals surface area (Å²) in [4.78, 5) is 17.3. The lowest BCUT2D eigenvalue weighted by molar-refractivity contribution is -0.127. The van der Waals surface area contributed by atoms with Crippen LogP contribution in [0.2, 0.25) is 0 Å². The number of halogens is 2. The molecular weight excluding hydrogens is 377 g/mol. The molecule has 0 saturated heterocycles. The predicted octanol–water partition coefficient (Wildman–Crippen LogP) is 3.56. The number of fused-ring (bicyclic) bond motifs is 3. The summed E-state index contributed by atoms with van der Waals surface area (Å²) in [5, 5.41) is 4.26. The van der Waals surface area contributed by atoms with Gasteiger partial charge in [-0.15, -0.1) is 36.2 Å². The van der Waals surface area contributed by atoms with Crippen LogP contribution < -0.4 is 11.1 Å². The monoisotopic (exact) mass is 401 g/mol. The van der Waals surface area contributed by atoms with Crippen LogP contribution in [-0.2, 0) is 11.2 Å². The SMILES string of the molecule is CC(Cc1nc2ccccc2s1)NC(=O)C1C2CCC(C2)C1N.Cl.Cl. The standard InChI is InChI=1S/C18H23N3OS.2ClH/c1-10(8-15-21-13-4-2-3-5-14(13)23-15)20-18(22)16-11-6-7-12(9-11)17(16)19;;/h2-5,10-12,16-17H,6-9,19H2,1H3,(H,20,22);2*1H. The Morgan fingerprint density at radius 2 is 2.04 bits per heavy atom. The van der Waals surface area contributed by atoms with Crippen LogP contribution in [0.15, 0.2) is 24.3 Å². The van der Waals surface area contributed by atoms with Crippen LogP contribution in [0.5, 0.6) is 0 Å². The Kier molecular flexibility index (Phi) is 6.71. The van der Waals surface area contributed by atoms with E-state index in [4.69, 9.17) is 5.73 Å². The minimum absolute atomic E-state index is 0. The molecule has 4 nitrogen and oxygen atoms in total. The van der Waals surface area contributed by atoms with Crippen molar-refractivity contribution >= 4 is 52.3 Å². The molecule has 5 atom stereocenters. The first-order chi connectivity index (χ1) is 11.1. The van der Waals surface area contributed by atoms with Crippen LogP contribution in [0, 0.1) is 17.8 Å². The van der Waals surface area contributed by atoms with Crippen molar-refractivity contribution in [3.63, 3.8) is 0 Å². The Morgan fingerprint density at radius 3 is 2.72 bits per heavy atom. The number of nitrogens with one attached hydrogen (secondary N) is 1. The molecule has 2 fully saturated rings. The van der Waals surface area contributed by atoms with Crippen molar-refractivity contribution < 1.29 is 4.79 Å². The third kappa shape index (κ3) is 3.95. The van der Waals surface area contributed by atoms with Gasteiger partial charge in [0, 0.05) is 18.5 Å². The van der Waals surface area contributed by atoms with Gasteiger partial charge >= 0.3 is 0 Å². The number of rotatable bonds is 4. The fraction of sp³-hybridized carbons (Fsp3) is 0.556. The first kappa shape index (κ1) is 20.4. The van der Waals surface area contributed by atoms with Crippen LogP contribution in [0.25, 0.3) is 10.2 Å². The van der Waals surface area contributed by atoms with Gasteiger partial charge in [-0.05, 0) is 50.2 Å². The molecule has 2 aliphatic carbocycles. The van der Waals surface area contributed by atoms with E-state index in [9.17, 15) is 4.79 Å². The van der Waals surface area contributed by atoms with Crippen molar-refractivity contribution in [2.24, 2.45) is 23.5 Å². The normalized spacial score (nSPS) is 28.2. The third-order valence-corrected chi connectivity index (χ3v) is 6.55. The molecule has 1 aromatic heterocycles. The summed E-state index contributed by atoms with van der Waals surface area (Å²) in [5.74, 6) is 1.24. The van der Waals surface area contributed by atoms with Gasteiger partial charge in [-0.2, -0.15) is 0 Å². The number of aromatic nitrogens is 1. The van der Waals surface area contributed by atoms with Crippen molar-refractivity contribution in [2.75, 3.05) is 0 Å². The predicted molar refractivity (Wildman–Crippen MR) is 108 cm³/mol. The lowest BCUT2D eigenvalue weighted by Gasteiger charge is -2.28.